The summed E-state index contributed by atoms with van der Waals surface area (Å²) in [6.07, 6.45) is 7.53. The van der Waals surface area contributed by atoms with Gasteiger partial charge < -0.3 is 19.2 Å². The Morgan fingerprint density at radius 3 is 2.96 bits per heavy atom. The maximum absolute atomic E-state index is 12.5. The second kappa shape index (κ2) is 7.74. The van der Waals surface area contributed by atoms with Crippen LogP contribution in [-0.4, -0.2) is 29.1 Å². The number of hydrogen-bond acceptors (Lipinski definition) is 6. The van der Waals surface area contributed by atoms with Crippen LogP contribution in [0.3, 0.4) is 0 Å². The van der Waals surface area contributed by atoms with Gasteiger partial charge in [0, 0.05) is 17.8 Å². The van der Waals surface area contributed by atoms with Gasteiger partial charge in [-0.05, 0) is 24.6 Å². The van der Waals surface area contributed by atoms with E-state index in [1.165, 1.54) is 6.26 Å². The Labute approximate surface area is 155 Å². The molecule has 27 heavy (non-hydrogen) atoms. The number of ether oxygens (including phenoxy) is 2. The van der Waals surface area contributed by atoms with E-state index in [4.69, 9.17) is 13.9 Å². The summed E-state index contributed by atoms with van der Waals surface area (Å²) >= 11 is 0. The van der Waals surface area contributed by atoms with E-state index in [2.05, 4.69) is 15.3 Å². The number of pyridine rings is 1. The summed E-state index contributed by atoms with van der Waals surface area (Å²) in [5, 5.41) is 2.81. The largest absolute Gasteiger partial charge is 0.491 e. The average Bonchev–Trinajstić information content (AvgIpc) is 3.18. The van der Waals surface area contributed by atoms with Crippen LogP contribution in [-0.2, 0) is 0 Å². The van der Waals surface area contributed by atoms with Gasteiger partial charge in [-0.25, -0.2) is 9.97 Å². The highest BCUT2D eigenvalue weighted by Crippen LogP contribution is 2.26. The van der Waals surface area contributed by atoms with E-state index < -0.39 is 0 Å². The van der Waals surface area contributed by atoms with Crippen LogP contribution in [0.4, 0.5) is 5.69 Å². The number of oxazole rings is 1. The van der Waals surface area contributed by atoms with E-state index in [1.807, 2.05) is 30.4 Å². The fourth-order valence-corrected chi connectivity index (χ4v) is 2.57. The fourth-order valence-electron chi connectivity index (χ4n) is 2.57. The molecular weight excluding hydrogens is 346 g/mol. The zero-order valence-corrected chi connectivity index (χ0v) is 14.4. The van der Waals surface area contributed by atoms with Crippen molar-refractivity contribution in [3.63, 3.8) is 0 Å². The molecule has 1 aliphatic rings. The van der Waals surface area contributed by atoms with Crippen molar-refractivity contribution in [2.75, 3.05) is 18.5 Å². The second-order valence-corrected chi connectivity index (χ2v) is 5.79. The highest BCUT2D eigenvalue weighted by Gasteiger charge is 2.16. The molecule has 7 heteroatoms. The Morgan fingerprint density at radius 2 is 2.00 bits per heavy atom. The van der Waals surface area contributed by atoms with Gasteiger partial charge in [-0.2, -0.15) is 0 Å². The molecule has 0 atom stereocenters. The van der Waals surface area contributed by atoms with Crippen LogP contribution in [0, 0.1) is 0 Å². The van der Waals surface area contributed by atoms with E-state index >= 15 is 0 Å². The molecule has 2 aromatic heterocycles. The SMILES string of the molecule is O=C1Nc2ccccc2OCC/C=C/COc2cc(ccn2)-c2nc1co2. The molecule has 1 aromatic carbocycles. The van der Waals surface area contributed by atoms with Crippen molar-refractivity contribution in [2.24, 2.45) is 0 Å². The molecule has 0 spiro atoms. The van der Waals surface area contributed by atoms with Crippen molar-refractivity contribution in [3.8, 4) is 23.1 Å². The van der Waals surface area contributed by atoms with Crippen molar-refractivity contribution < 1.29 is 18.7 Å². The van der Waals surface area contributed by atoms with Crippen LogP contribution in [0.25, 0.3) is 11.5 Å². The quantitative estimate of drug-likeness (QED) is 0.613. The van der Waals surface area contributed by atoms with Gasteiger partial charge in [0.05, 0.1) is 12.3 Å². The van der Waals surface area contributed by atoms with Crippen molar-refractivity contribution in [1.29, 1.82) is 0 Å². The first-order valence-electron chi connectivity index (χ1n) is 8.52. The number of nitrogens with one attached hydrogen (secondary N) is 1. The van der Waals surface area contributed by atoms with Crippen molar-refractivity contribution in [2.45, 2.75) is 6.42 Å². The second-order valence-electron chi connectivity index (χ2n) is 5.79. The van der Waals surface area contributed by atoms with Crippen LogP contribution < -0.4 is 14.8 Å². The molecule has 4 rings (SSSR count). The Bertz CT molecular complexity index is 981. The van der Waals surface area contributed by atoms with Crippen LogP contribution in [0.5, 0.6) is 11.6 Å². The van der Waals surface area contributed by atoms with Crippen LogP contribution in [0.2, 0.25) is 0 Å². The van der Waals surface area contributed by atoms with Gasteiger partial charge in [-0.15, -0.1) is 0 Å². The highest BCUT2D eigenvalue weighted by atomic mass is 16.5. The van der Waals surface area contributed by atoms with Gasteiger partial charge in [-0.3, -0.25) is 4.79 Å². The molecule has 0 unspecified atom stereocenters. The van der Waals surface area contributed by atoms with Crippen LogP contribution in [0.1, 0.15) is 16.9 Å². The first-order chi connectivity index (χ1) is 13.3. The number of carbonyl (C=O) groups excluding carboxylic acids is 1. The fraction of sp³-hybridized carbons (Fsp3) is 0.150. The minimum absolute atomic E-state index is 0.171. The van der Waals surface area contributed by atoms with Crippen molar-refractivity contribution >= 4 is 11.6 Å². The molecule has 4 bridgehead atoms. The number of nitrogens with zero attached hydrogens (tertiary/aromatic N) is 2. The third-order valence-corrected chi connectivity index (χ3v) is 3.89. The number of anilines is 1. The summed E-state index contributed by atoms with van der Waals surface area (Å²) in [5.41, 5.74) is 1.43. The molecule has 3 aromatic rings. The smallest absolute Gasteiger partial charge is 0.277 e. The molecule has 1 aliphatic heterocycles. The van der Waals surface area contributed by atoms with Crippen molar-refractivity contribution in [1.82, 2.24) is 9.97 Å². The van der Waals surface area contributed by atoms with E-state index in [9.17, 15) is 4.79 Å². The van der Waals surface area contributed by atoms with Crippen LogP contribution >= 0.6 is 0 Å². The lowest BCUT2D eigenvalue weighted by Crippen LogP contribution is -2.13. The molecule has 0 saturated carbocycles. The first kappa shape index (κ1) is 16.8. The van der Waals surface area contributed by atoms with Gasteiger partial charge in [0.2, 0.25) is 11.8 Å². The molecule has 1 amide bonds. The Hall–Kier alpha value is -3.61. The Morgan fingerprint density at radius 1 is 1.07 bits per heavy atom. The molecule has 0 saturated heterocycles. The summed E-state index contributed by atoms with van der Waals surface area (Å²) in [6, 6.07) is 10.7. The molecule has 7 nitrogen and oxygen atoms in total. The molecule has 3 heterocycles. The summed E-state index contributed by atoms with van der Waals surface area (Å²) < 4.78 is 16.8. The number of benzene rings is 1. The Kier molecular flexibility index (Phi) is 4.82. The van der Waals surface area contributed by atoms with E-state index in [0.717, 1.165) is 0 Å². The number of fused-ring (bicyclic) bond motifs is 6. The van der Waals surface area contributed by atoms with Gasteiger partial charge in [-0.1, -0.05) is 24.3 Å². The third-order valence-electron chi connectivity index (χ3n) is 3.89. The molecule has 0 aliphatic carbocycles. The maximum atomic E-state index is 12.5. The van der Waals surface area contributed by atoms with Gasteiger partial charge >= 0.3 is 0 Å². The number of aromatic nitrogens is 2. The first-order valence-corrected chi connectivity index (χ1v) is 8.52. The summed E-state index contributed by atoms with van der Waals surface area (Å²) in [7, 11) is 0. The number of carbonyl (C=O) groups is 1. The maximum Gasteiger partial charge on any atom is 0.277 e. The zero-order valence-electron chi connectivity index (χ0n) is 14.4. The topological polar surface area (TPSA) is 86.5 Å². The summed E-state index contributed by atoms with van der Waals surface area (Å²) in [5.74, 6) is 0.987. The predicted molar refractivity (Wildman–Crippen MR) is 98.9 cm³/mol. The third kappa shape index (κ3) is 3.98. The minimum atomic E-state index is -0.379. The lowest BCUT2D eigenvalue weighted by molar-refractivity contribution is 0.102. The summed E-state index contributed by atoms with van der Waals surface area (Å²) in [4.78, 5) is 21.0. The molecular formula is C20H17N3O4. The summed E-state index contributed by atoms with van der Waals surface area (Å²) in [6.45, 7) is 0.870. The van der Waals surface area contributed by atoms with Gasteiger partial charge in [0.15, 0.2) is 5.69 Å². The zero-order chi connectivity index (χ0) is 18.5. The molecule has 0 radical (unpaired) electrons. The monoisotopic (exact) mass is 363 g/mol. The lowest BCUT2D eigenvalue weighted by atomic mass is 10.2. The van der Waals surface area contributed by atoms with E-state index in [1.54, 1.807) is 24.4 Å². The number of para-hydroxylation sites is 2. The van der Waals surface area contributed by atoms with E-state index in [-0.39, 0.29) is 11.6 Å². The number of hydrogen-bond donors (Lipinski definition) is 1. The lowest BCUT2D eigenvalue weighted by Gasteiger charge is -2.11. The Balaban J connectivity index is 1.67. The van der Waals surface area contributed by atoms with E-state index in [0.29, 0.717) is 48.4 Å². The van der Waals surface area contributed by atoms with Crippen molar-refractivity contribution in [3.05, 3.63) is 66.7 Å². The highest BCUT2D eigenvalue weighted by molar-refractivity contribution is 6.03. The minimum Gasteiger partial charge on any atom is -0.491 e. The standard InChI is InChI=1S/C20H17N3O4/c24-19-16-13-27-20(23-16)14-8-9-21-18(12-14)26-11-5-1-4-10-25-17-7-3-2-6-15(17)22-19/h1-3,5-9,12-13H,4,10-11H2,(H,22,24)/b5-1+. The molecule has 0 fully saturated rings. The number of rotatable bonds is 0. The average molecular weight is 363 g/mol. The van der Waals surface area contributed by atoms with Crippen LogP contribution in [0.15, 0.2) is 65.4 Å². The van der Waals surface area contributed by atoms with Gasteiger partial charge in [0.1, 0.15) is 18.6 Å². The predicted octanol–water partition coefficient (Wildman–Crippen LogP) is 3.71. The van der Waals surface area contributed by atoms with Gasteiger partial charge in [0.25, 0.3) is 5.91 Å². The number of amides is 1. The normalized spacial score (nSPS) is 15.5. The molecule has 136 valence electrons. The molecule has 1 N–H and O–H groups in total.